The van der Waals surface area contributed by atoms with E-state index in [0.29, 0.717) is 24.4 Å². The van der Waals surface area contributed by atoms with Crippen molar-refractivity contribution in [1.29, 1.82) is 0 Å². The molecule has 1 aliphatic heterocycles. The molecule has 6 heteroatoms. The molecule has 0 radical (unpaired) electrons. The van der Waals surface area contributed by atoms with Crippen molar-refractivity contribution in [3.05, 3.63) is 77.6 Å². The monoisotopic (exact) mass is 417 g/mol. The maximum atomic E-state index is 9.53. The molecule has 1 atom stereocenters. The molecule has 0 bridgehead atoms. The normalized spacial score (nSPS) is 17.4. The van der Waals surface area contributed by atoms with Gasteiger partial charge >= 0.3 is 0 Å². The van der Waals surface area contributed by atoms with Crippen LogP contribution in [0.5, 0.6) is 5.75 Å². The van der Waals surface area contributed by atoms with E-state index in [4.69, 9.17) is 4.74 Å². The number of nitrogens with zero attached hydrogens (tertiary/aromatic N) is 2. The van der Waals surface area contributed by atoms with Crippen LogP contribution in [0.3, 0.4) is 0 Å². The molecule has 1 fully saturated rings. The summed E-state index contributed by atoms with van der Waals surface area (Å²) in [6.07, 6.45) is 4.25. The van der Waals surface area contributed by atoms with Crippen molar-refractivity contribution in [3.63, 3.8) is 0 Å². The van der Waals surface area contributed by atoms with E-state index in [9.17, 15) is 10.2 Å². The fourth-order valence-electron chi connectivity index (χ4n) is 4.19. The molecule has 1 saturated carbocycles. The summed E-state index contributed by atoms with van der Waals surface area (Å²) in [6.45, 7) is 1.21. The van der Waals surface area contributed by atoms with E-state index in [0.717, 1.165) is 28.6 Å². The van der Waals surface area contributed by atoms with E-state index in [2.05, 4.69) is 64.7 Å². The van der Waals surface area contributed by atoms with Crippen LogP contribution in [0.25, 0.3) is 0 Å². The lowest BCUT2D eigenvalue weighted by atomic mass is 10.0. The Kier molecular flexibility index (Phi) is 5.26. The minimum absolute atomic E-state index is 0.177. The van der Waals surface area contributed by atoms with Gasteiger partial charge in [0, 0.05) is 54.3 Å². The van der Waals surface area contributed by atoms with Gasteiger partial charge < -0.3 is 25.2 Å². The molecule has 31 heavy (non-hydrogen) atoms. The van der Waals surface area contributed by atoms with Crippen LogP contribution in [0.2, 0.25) is 0 Å². The second-order valence-electron chi connectivity index (χ2n) is 8.37. The second-order valence-corrected chi connectivity index (χ2v) is 8.37. The molecule has 6 nitrogen and oxygen atoms in total. The molecule has 3 N–H and O–H groups in total. The Morgan fingerprint density at radius 2 is 1.87 bits per heavy atom. The first-order valence-corrected chi connectivity index (χ1v) is 10.7. The summed E-state index contributed by atoms with van der Waals surface area (Å²) in [4.78, 5) is 6.25. The van der Waals surface area contributed by atoms with Crippen molar-refractivity contribution >= 4 is 17.1 Å². The quantitative estimate of drug-likeness (QED) is 0.498. The molecule has 2 aliphatic rings. The third-order valence-corrected chi connectivity index (χ3v) is 6.27. The number of hydrogen-bond donors (Lipinski definition) is 3. The Morgan fingerprint density at radius 1 is 1.10 bits per heavy atom. The van der Waals surface area contributed by atoms with E-state index in [-0.39, 0.29) is 5.92 Å². The molecule has 5 rings (SSSR count). The number of fused-ring (bicyclic) bond motifs is 1. The molecule has 2 heterocycles. The standard InChI is InChI=1S/C25H27N3O3/c1-28(19-6-4-17(5-7-19)16-2-3-16)20-8-9-21-18(15-31-24(21)12-20)13-27-23-14-26-11-10-22(23)25(29)30/h4-12,14,16,18,25,27,29-30H,2-3,13,15H2,1H3/t18-/m1/s1. The van der Waals surface area contributed by atoms with E-state index in [1.54, 1.807) is 18.5 Å². The fourth-order valence-corrected chi connectivity index (χ4v) is 4.19. The molecular formula is C25H27N3O3. The van der Waals surface area contributed by atoms with Crippen LogP contribution < -0.4 is 15.0 Å². The van der Waals surface area contributed by atoms with Crippen LogP contribution in [0.1, 0.15) is 47.7 Å². The number of hydrogen-bond acceptors (Lipinski definition) is 6. The maximum absolute atomic E-state index is 9.53. The summed E-state index contributed by atoms with van der Waals surface area (Å²) >= 11 is 0. The molecule has 1 aliphatic carbocycles. The zero-order valence-electron chi connectivity index (χ0n) is 17.5. The van der Waals surface area contributed by atoms with Crippen molar-refractivity contribution in [1.82, 2.24) is 4.98 Å². The zero-order valence-corrected chi connectivity index (χ0v) is 17.5. The molecule has 1 aromatic heterocycles. The Hall–Kier alpha value is -3.09. The van der Waals surface area contributed by atoms with Gasteiger partial charge in [-0.25, -0.2) is 0 Å². The second kappa shape index (κ2) is 8.21. The van der Waals surface area contributed by atoms with E-state index in [1.165, 1.54) is 18.4 Å². The minimum atomic E-state index is -1.53. The lowest BCUT2D eigenvalue weighted by Gasteiger charge is -2.21. The van der Waals surface area contributed by atoms with Crippen molar-refractivity contribution in [2.45, 2.75) is 31.0 Å². The Balaban J connectivity index is 1.28. The molecule has 0 unspecified atom stereocenters. The van der Waals surface area contributed by atoms with Crippen molar-refractivity contribution in [3.8, 4) is 5.75 Å². The highest BCUT2D eigenvalue weighted by Gasteiger charge is 2.26. The molecule has 2 aromatic carbocycles. The highest BCUT2D eigenvalue weighted by atomic mass is 16.5. The van der Waals surface area contributed by atoms with Gasteiger partial charge in [-0.15, -0.1) is 0 Å². The number of pyridine rings is 1. The van der Waals surface area contributed by atoms with Crippen molar-refractivity contribution in [2.24, 2.45) is 0 Å². The van der Waals surface area contributed by atoms with Gasteiger partial charge in [-0.05, 0) is 48.6 Å². The average Bonchev–Trinajstić information content (AvgIpc) is 3.57. The van der Waals surface area contributed by atoms with Crippen LogP contribution in [-0.4, -0.2) is 35.4 Å². The molecule has 0 spiro atoms. The third kappa shape index (κ3) is 4.09. The first kappa shape index (κ1) is 19.8. The number of aliphatic hydroxyl groups excluding tert-OH is 1. The Labute approximate surface area is 182 Å². The lowest BCUT2D eigenvalue weighted by Crippen LogP contribution is -2.15. The molecular weight excluding hydrogens is 390 g/mol. The van der Waals surface area contributed by atoms with E-state index in [1.807, 2.05) is 0 Å². The molecule has 160 valence electrons. The summed E-state index contributed by atoms with van der Waals surface area (Å²) in [5, 5.41) is 22.4. The number of ether oxygens (including phenoxy) is 1. The predicted molar refractivity (Wildman–Crippen MR) is 121 cm³/mol. The van der Waals surface area contributed by atoms with Gasteiger partial charge in [0.15, 0.2) is 6.29 Å². The van der Waals surface area contributed by atoms with Crippen molar-refractivity contribution in [2.75, 3.05) is 30.4 Å². The lowest BCUT2D eigenvalue weighted by molar-refractivity contribution is -0.0419. The van der Waals surface area contributed by atoms with Crippen LogP contribution in [0.15, 0.2) is 60.9 Å². The number of aromatic nitrogens is 1. The van der Waals surface area contributed by atoms with Crippen molar-refractivity contribution < 1.29 is 14.9 Å². The molecule has 0 saturated heterocycles. The molecule has 0 amide bonds. The first-order chi connectivity index (χ1) is 15.1. The summed E-state index contributed by atoms with van der Waals surface area (Å²) in [5.74, 6) is 1.84. The summed E-state index contributed by atoms with van der Waals surface area (Å²) in [5.41, 5.74) is 5.88. The number of benzene rings is 2. The van der Waals surface area contributed by atoms with Gasteiger partial charge in [0.25, 0.3) is 0 Å². The zero-order chi connectivity index (χ0) is 21.4. The Morgan fingerprint density at radius 3 is 2.61 bits per heavy atom. The van der Waals surface area contributed by atoms with Gasteiger partial charge in [-0.1, -0.05) is 18.2 Å². The van der Waals surface area contributed by atoms with Gasteiger partial charge in [0.05, 0.1) is 18.5 Å². The SMILES string of the molecule is CN(c1ccc(C2CC2)cc1)c1ccc2c(c1)OC[C@H]2CNc1cnccc1C(O)O. The maximum Gasteiger partial charge on any atom is 0.180 e. The summed E-state index contributed by atoms with van der Waals surface area (Å²) < 4.78 is 5.98. The topological polar surface area (TPSA) is 77.9 Å². The average molecular weight is 418 g/mol. The van der Waals surface area contributed by atoms with Crippen LogP contribution >= 0.6 is 0 Å². The summed E-state index contributed by atoms with van der Waals surface area (Å²) in [7, 11) is 2.08. The van der Waals surface area contributed by atoms with Gasteiger partial charge in [-0.3, -0.25) is 4.98 Å². The minimum Gasteiger partial charge on any atom is -0.493 e. The third-order valence-electron chi connectivity index (χ3n) is 6.27. The van der Waals surface area contributed by atoms with Crippen LogP contribution in [0, 0.1) is 0 Å². The largest absolute Gasteiger partial charge is 0.493 e. The van der Waals surface area contributed by atoms with Gasteiger partial charge in [0.2, 0.25) is 0 Å². The highest BCUT2D eigenvalue weighted by molar-refractivity contribution is 5.66. The fraction of sp³-hybridized carbons (Fsp3) is 0.320. The van der Waals surface area contributed by atoms with E-state index < -0.39 is 6.29 Å². The van der Waals surface area contributed by atoms with Gasteiger partial charge in [-0.2, -0.15) is 0 Å². The first-order valence-electron chi connectivity index (χ1n) is 10.7. The van der Waals surface area contributed by atoms with Crippen LogP contribution in [0.4, 0.5) is 17.1 Å². The molecule has 3 aromatic rings. The van der Waals surface area contributed by atoms with E-state index >= 15 is 0 Å². The number of anilines is 3. The number of rotatable bonds is 7. The predicted octanol–water partition coefficient (Wildman–Crippen LogP) is 4.30. The highest BCUT2D eigenvalue weighted by Crippen LogP contribution is 2.41. The summed E-state index contributed by atoms with van der Waals surface area (Å²) in [6, 6.07) is 16.8. The van der Waals surface area contributed by atoms with Crippen LogP contribution in [-0.2, 0) is 0 Å². The smallest absolute Gasteiger partial charge is 0.180 e. The number of nitrogens with one attached hydrogen (secondary N) is 1. The number of aliphatic hydroxyl groups is 2. The Bertz CT molecular complexity index is 1060. The van der Waals surface area contributed by atoms with Gasteiger partial charge in [0.1, 0.15) is 5.75 Å².